The van der Waals surface area contributed by atoms with Crippen LogP contribution in [0.2, 0.25) is 0 Å². The van der Waals surface area contributed by atoms with Crippen molar-refractivity contribution in [3.8, 4) is 0 Å². The SMILES string of the molecule is CN(C)C1(CNC(=O)N[C@H](CO)C(=O)O)CCC1. The molecule has 0 saturated heterocycles. The Balaban J connectivity index is 2.39. The summed E-state index contributed by atoms with van der Waals surface area (Å²) in [7, 11) is 3.93. The molecule has 0 radical (unpaired) electrons. The van der Waals surface area contributed by atoms with Crippen molar-refractivity contribution in [2.75, 3.05) is 27.2 Å². The molecule has 0 spiro atoms. The number of aliphatic hydroxyl groups excluding tert-OH is 1. The Morgan fingerprint density at radius 2 is 2.00 bits per heavy atom. The van der Waals surface area contributed by atoms with Crippen LogP contribution in [0.3, 0.4) is 0 Å². The molecule has 18 heavy (non-hydrogen) atoms. The first-order valence-corrected chi connectivity index (χ1v) is 5.97. The van der Waals surface area contributed by atoms with E-state index >= 15 is 0 Å². The predicted octanol–water partition coefficient (Wildman–Crippen LogP) is -0.785. The zero-order valence-electron chi connectivity index (χ0n) is 10.8. The second-order valence-corrected chi connectivity index (χ2v) is 4.87. The zero-order valence-corrected chi connectivity index (χ0v) is 10.8. The summed E-state index contributed by atoms with van der Waals surface area (Å²) in [5.74, 6) is -1.25. The van der Waals surface area contributed by atoms with Crippen molar-refractivity contribution in [1.82, 2.24) is 15.5 Å². The molecular weight excluding hydrogens is 238 g/mol. The number of carboxylic acid groups (broad SMARTS) is 1. The molecule has 0 bridgehead atoms. The second-order valence-electron chi connectivity index (χ2n) is 4.87. The number of hydrogen-bond acceptors (Lipinski definition) is 4. The van der Waals surface area contributed by atoms with E-state index in [1.54, 1.807) is 0 Å². The summed E-state index contributed by atoms with van der Waals surface area (Å²) >= 11 is 0. The van der Waals surface area contributed by atoms with Crippen LogP contribution in [0.1, 0.15) is 19.3 Å². The fourth-order valence-corrected chi connectivity index (χ4v) is 2.01. The molecule has 0 aliphatic heterocycles. The molecular formula is C11H21N3O4. The van der Waals surface area contributed by atoms with E-state index in [9.17, 15) is 9.59 Å². The lowest BCUT2D eigenvalue weighted by Gasteiger charge is -2.47. The Morgan fingerprint density at radius 3 is 2.33 bits per heavy atom. The maximum absolute atomic E-state index is 11.5. The van der Waals surface area contributed by atoms with Crippen LogP contribution in [-0.2, 0) is 4.79 Å². The molecule has 104 valence electrons. The molecule has 0 unspecified atom stereocenters. The number of carbonyl (C=O) groups excluding carboxylic acids is 1. The van der Waals surface area contributed by atoms with Gasteiger partial charge in [-0.25, -0.2) is 9.59 Å². The minimum absolute atomic E-state index is 0.0186. The topological polar surface area (TPSA) is 102 Å². The molecule has 2 amide bonds. The number of amides is 2. The highest BCUT2D eigenvalue weighted by molar-refractivity contribution is 5.82. The number of likely N-dealkylation sites (N-methyl/N-ethyl adjacent to an activating group) is 1. The summed E-state index contributed by atoms with van der Waals surface area (Å²) in [6.45, 7) is -0.148. The Kier molecular flexibility index (Phi) is 4.92. The maximum atomic E-state index is 11.5. The summed E-state index contributed by atoms with van der Waals surface area (Å²) in [5.41, 5.74) is -0.0186. The Hall–Kier alpha value is -1.34. The van der Waals surface area contributed by atoms with Crippen LogP contribution in [0.15, 0.2) is 0 Å². The molecule has 0 aromatic rings. The first-order chi connectivity index (χ1) is 8.41. The second kappa shape index (κ2) is 6.01. The molecule has 1 saturated carbocycles. The lowest BCUT2D eigenvalue weighted by molar-refractivity contribution is -0.140. The number of aliphatic carboxylic acids is 1. The van der Waals surface area contributed by atoms with Crippen molar-refractivity contribution in [3.05, 3.63) is 0 Å². The molecule has 0 aromatic heterocycles. The van der Waals surface area contributed by atoms with Gasteiger partial charge >= 0.3 is 12.0 Å². The monoisotopic (exact) mass is 259 g/mol. The van der Waals surface area contributed by atoms with E-state index in [1.807, 2.05) is 14.1 Å². The molecule has 1 aliphatic carbocycles. The van der Waals surface area contributed by atoms with Crippen LogP contribution in [0.4, 0.5) is 4.79 Å². The van der Waals surface area contributed by atoms with Gasteiger partial charge < -0.3 is 25.7 Å². The lowest BCUT2D eigenvalue weighted by atomic mass is 9.75. The lowest BCUT2D eigenvalue weighted by Crippen LogP contribution is -2.59. The van der Waals surface area contributed by atoms with Crippen LogP contribution in [0.25, 0.3) is 0 Å². The van der Waals surface area contributed by atoms with Gasteiger partial charge in [0.2, 0.25) is 0 Å². The highest BCUT2D eigenvalue weighted by Crippen LogP contribution is 2.35. The van der Waals surface area contributed by atoms with Crippen molar-refractivity contribution in [2.45, 2.75) is 30.8 Å². The average Bonchev–Trinajstić information content (AvgIpc) is 2.23. The van der Waals surface area contributed by atoms with Crippen LogP contribution >= 0.6 is 0 Å². The van der Waals surface area contributed by atoms with E-state index < -0.39 is 24.6 Å². The number of aliphatic hydroxyl groups is 1. The van der Waals surface area contributed by atoms with Crippen molar-refractivity contribution in [2.24, 2.45) is 0 Å². The standard InChI is InChI=1S/C11H21N3O4/c1-14(2)11(4-3-5-11)7-12-10(18)13-8(6-15)9(16)17/h8,15H,3-7H2,1-2H3,(H,16,17)(H2,12,13,18)/t8-/m1/s1. The Labute approximate surface area is 106 Å². The molecule has 7 nitrogen and oxygen atoms in total. The van der Waals surface area contributed by atoms with Crippen LogP contribution < -0.4 is 10.6 Å². The highest BCUT2D eigenvalue weighted by atomic mass is 16.4. The van der Waals surface area contributed by atoms with Gasteiger partial charge in [-0.3, -0.25) is 0 Å². The molecule has 0 heterocycles. The zero-order chi connectivity index (χ0) is 13.8. The highest BCUT2D eigenvalue weighted by Gasteiger charge is 2.39. The predicted molar refractivity (Wildman–Crippen MR) is 65.3 cm³/mol. The summed E-state index contributed by atoms with van der Waals surface area (Å²) in [6.07, 6.45) is 3.17. The largest absolute Gasteiger partial charge is 0.480 e. The third-order valence-corrected chi connectivity index (χ3v) is 3.60. The van der Waals surface area contributed by atoms with Gasteiger partial charge in [0.25, 0.3) is 0 Å². The summed E-state index contributed by atoms with van der Waals surface area (Å²) in [5, 5.41) is 22.3. The first kappa shape index (κ1) is 14.7. The minimum Gasteiger partial charge on any atom is -0.480 e. The quantitative estimate of drug-likeness (QED) is 0.501. The molecule has 1 aliphatic rings. The molecule has 0 aromatic carbocycles. The van der Waals surface area contributed by atoms with Gasteiger partial charge in [-0.15, -0.1) is 0 Å². The summed E-state index contributed by atoms with van der Waals surface area (Å²) in [6, 6.07) is -1.83. The Morgan fingerprint density at radius 1 is 1.39 bits per heavy atom. The fourth-order valence-electron chi connectivity index (χ4n) is 2.01. The van der Waals surface area contributed by atoms with Crippen molar-refractivity contribution < 1.29 is 19.8 Å². The van der Waals surface area contributed by atoms with Crippen LogP contribution in [0, 0.1) is 0 Å². The van der Waals surface area contributed by atoms with Gasteiger partial charge in [0.15, 0.2) is 6.04 Å². The fraction of sp³-hybridized carbons (Fsp3) is 0.818. The number of hydrogen-bond donors (Lipinski definition) is 4. The Bertz CT molecular complexity index is 315. The van der Waals surface area contributed by atoms with E-state index in [-0.39, 0.29) is 5.54 Å². The first-order valence-electron chi connectivity index (χ1n) is 5.97. The number of nitrogens with one attached hydrogen (secondary N) is 2. The van der Waals surface area contributed by atoms with Crippen LogP contribution in [-0.4, -0.2) is 65.9 Å². The molecule has 1 atom stereocenters. The average molecular weight is 259 g/mol. The van der Waals surface area contributed by atoms with Gasteiger partial charge in [0.1, 0.15) is 0 Å². The smallest absolute Gasteiger partial charge is 0.328 e. The minimum atomic E-state index is -1.26. The van der Waals surface area contributed by atoms with Crippen molar-refractivity contribution in [3.63, 3.8) is 0 Å². The number of nitrogens with zero attached hydrogens (tertiary/aromatic N) is 1. The van der Waals surface area contributed by atoms with E-state index in [0.29, 0.717) is 6.54 Å². The van der Waals surface area contributed by atoms with Gasteiger partial charge in [-0.2, -0.15) is 0 Å². The normalized spacial score (nSPS) is 18.9. The van der Waals surface area contributed by atoms with Crippen molar-refractivity contribution in [1.29, 1.82) is 0 Å². The molecule has 7 heteroatoms. The molecule has 4 N–H and O–H groups in total. The van der Waals surface area contributed by atoms with Gasteiger partial charge in [-0.1, -0.05) is 0 Å². The third kappa shape index (κ3) is 3.33. The summed E-state index contributed by atoms with van der Waals surface area (Å²) < 4.78 is 0. The maximum Gasteiger partial charge on any atom is 0.328 e. The van der Waals surface area contributed by atoms with E-state index in [4.69, 9.17) is 10.2 Å². The van der Waals surface area contributed by atoms with Gasteiger partial charge in [0, 0.05) is 12.1 Å². The number of carboxylic acids is 1. The van der Waals surface area contributed by atoms with Crippen molar-refractivity contribution >= 4 is 12.0 Å². The van der Waals surface area contributed by atoms with Gasteiger partial charge in [-0.05, 0) is 33.4 Å². The van der Waals surface area contributed by atoms with E-state index in [2.05, 4.69) is 15.5 Å². The molecule has 1 fully saturated rings. The molecule has 1 rings (SSSR count). The van der Waals surface area contributed by atoms with E-state index in [1.165, 1.54) is 0 Å². The number of urea groups is 1. The van der Waals surface area contributed by atoms with E-state index in [0.717, 1.165) is 19.3 Å². The third-order valence-electron chi connectivity index (χ3n) is 3.60. The van der Waals surface area contributed by atoms with Gasteiger partial charge in [0.05, 0.1) is 6.61 Å². The summed E-state index contributed by atoms with van der Waals surface area (Å²) in [4.78, 5) is 24.2. The number of rotatable bonds is 6. The van der Waals surface area contributed by atoms with Crippen LogP contribution in [0.5, 0.6) is 0 Å². The number of carbonyl (C=O) groups is 2.